The van der Waals surface area contributed by atoms with Gasteiger partial charge in [0, 0.05) is 31.9 Å². The lowest BCUT2D eigenvalue weighted by Gasteiger charge is -2.13. The van der Waals surface area contributed by atoms with E-state index in [9.17, 15) is 9.59 Å². The topological polar surface area (TPSA) is 73.0 Å². The van der Waals surface area contributed by atoms with Crippen molar-refractivity contribution in [3.05, 3.63) is 35.9 Å². The van der Waals surface area contributed by atoms with Gasteiger partial charge in [-0.2, -0.15) is 10.2 Å². The highest BCUT2D eigenvalue weighted by Crippen LogP contribution is 2.25. The summed E-state index contributed by atoms with van der Waals surface area (Å²) in [5, 5.41) is 8.51. The zero-order valence-corrected chi connectivity index (χ0v) is 13.6. The Morgan fingerprint density at radius 3 is 2.74 bits per heavy atom. The van der Waals surface area contributed by atoms with E-state index in [1.807, 2.05) is 44.0 Å². The lowest BCUT2D eigenvalue weighted by molar-refractivity contribution is -0.140. The lowest BCUT2D eigenvalue weighted by atomic mass is 10.0. The maximum absolute atomic E-state index is 12.5. The number of aromatic nitrogens is 4. The Bertz CT molecular complexity index is 730. The van der Waals surface area contributed by atoms with Crippen molar-refractivity contribution in [2.75, 3.05) is 0 Å². The number of carbonyl (C=O) groups is 2. The molecule has 1 unspecified atom stereocenters. The first-order valence-corrected chi connectivity index (χ1v) is 7.80. The number of hydrogen-bond acceptors (Lipinski definition) is 4. The van der Waals surface area contributed by atoms with Crippen LogP contribution in [0.5, 0.6) is 0 Å². The second-order valence-corrected chi connectivity index (χ2v) is 6.33. The van der Waals surface area contributed by atoms with Gasteiger partial charge in [-0.1, -0.05) is 0 Å². The van der Waals surface area contributed by atoms with Crippen LogP contribution in [-0.4, -0.2) is 36.3 Å². The van der Waals surface area contributed by atoms with E-state index in [0.29, 0.717) is 6.42 Å². The minimum atomic E-state index is -0.293. The molecule has 0 saturated carbocycles. The molecule has 1 atom stereocenters. The van der Waals surface area contributed by atoms with E-state index < -0.39 is 0 Å². The van der Waals surface area contributed by atoms with Gasteiger partial charge in [0.15, 0.2) is 0 Å². The second kappa shape index (κ2) is 5.98. The largest absolute Gasteiger partial charge is 0.276 e. The van der Waals surface area contributed by atoms with E-state index in [0.717, 1.165) is 11.3 Å². The van der Waals surface area contributed by atoms with E-state index in [-0.39, 0.29) is 36.7 Å². The summed E-state index contributed by atoms with van der Waals surface area (Å²) in [6.45, 7) is 4.32. The third kappa shape index (κ3) is 3.18. The summed E-state index contributed by atoms with van der Waals surface area (Å²) in [5.41, 5.74) is 1.71. The monoisotopic (exact) mass is 315 g/mol. The quantitative estimate of drug-likeness (QED) is 0.780. The zero-order chi connectivity index (χ0) is 16.6. The number of aryl methyl sites for hydroxylation is 1. The van der Waals surface area contributed by atoms with E-state index in [1.54, 1.807) is 10.9 Å². The molecular weight excluding hydrogens is 294 g/mol. The first-order chi connectivity index (χ1) is 10.9. The van der Waals surface area contributed by atoms with Gasteiger partial charge in [0.2, 0.25) is 11.8 Å². The number of likely N-dealkylation sites (tertiary alicyclic amines) is 1. The van der Waals surface area contributed by atoms with Gasteiger partial charge in [-0.05, 0) is 31.9 Å². The van der Waals surface area contributed by atoms with E-state index in [1.165, 1.54) is 4.90 Å². The summed E-state index contributed by atoms with van der Waals surface area (Å²) in [7, 11) is 1.84. The fraction of sp³-hybridized carbons (Fsp3) is 0.500. The minimum Gasteiger partial charge on any atom is -0.276 e. The first kappa shape index (κ1) is 15.5. The van der Waals surface area contributed by atoms with Gasteiger partial charge in [0.05, 0.1) is 24.4 Å². The van der Waals surface area contributed by atoms with E-state index in [2.05, 4.69) is 10.2 Å². The summed E-state index contributed by atoms with van der Waals surface area (Å²) in [5.74, 6) is -0.528. The van der Waals surface area contributed by atoms with E-state index in [4.69, 9.17) is 0 Å². The molecule has 122 valence electrons. The molecule has 3 rings (SSSR count). The molecule has 7 heteroatoms. The van der Waals surface area contributed by atoms with Gasteiger partial charge in [-0.15, -0.1) is 0 Å². The SMILES string of the molecule is CC(C)n1ccc(CN2C(=O)CC(Cc3cnn(C)c3)C2=O)n1. The number of nitrogens with zero attached hydrogens (tertiary/aromatic N) is 5. The van der Waals surface area contributed by atoms with Gasteiger partial charge in [0.25, 0.3) is 0 Å². The van der Waals surface area contributed by atoms with Gasteiger partial charge >= 0.3 is 0 Å². The Labute approximate surface area is 134 Å². The second-order valence-electron chi connectivity index (χ2n) is 6.33. The predicted molar refractivity (Wildman–Crippen MR) is 83.2 cm³/mol. The van der Waals surface area contributed by atoms with Crippen LogP contribution in [0.4, 0.5) is 0 Å². The fourth-order valence-corrected chi connectivity index (χ4v) is 2.85. The Morgan fingerprint density at radius 1 is 1.35 bits per heavy atom. The molecule has 0 spiro atoms. The van der Waals surface area contributed by atoms with Crippen LogP contribution < -0.4 is 0 Å². The molecule has 1 aliphatic rings. The molecule has 7 nitrogen and oxygen atoms in total. The molecule has 0 N–H and O–H groups in total. The molecule has 0 aliphatic carbocycles. The van der Waals surface area contributed by atoms with Crippen molar-refractivity contribution in [2.24, 2.45) is 13.0 Å². The van der Waals surface area contributed by atoms with Crippen LogP contribution in [0.15, 0.2) is 24.7 Å². The van der Waals surface area contributed by atoms with Crippen LogP contribution in [0.25, 0.3) is 0 Å². The van der Waals surface area contributed by atoms with Crippen molar-refractivity contribution in [3.8, 4) is 0 Å². The number of amides is 2. The molecule has 1 aliphatic heterocycles. The third-order valence-corrected chi connectivity index (χ3v) is 4.09. The van der Waals surface area contributed by atoms with Gasteiger partial charge < -0.3 is 0 Å². The first-order valence-electron chi connectivity index (χ1n) is 7.80. The average Bonchev–Trinajstić information content (AvgIpc) is 3.17. The van der Waals surface area contributed by atoms with Crippen LogP contribution in [0, 0.1) is 5.92 Å². The molecule has 0 aromatic carbocycles. The highest BCUT2D eigenvalue weighted by molar-refractivity contribution is 6.03. The van der Waals surface area contributed by atoms with Crippen molar-refractivity contribution < 1.29 is 9.59 Å². The molecule has 2 amide bonds. The molecule has 1 fully saturated rings. The van der Waals surface area contributed by atoms with Gasteiger partial charge in [-0.25, -0.2) is 0 Å². The van der Waals surface area contributed by atoms with Crippen molar-refractivity contribution in [1.82, 2.24) is 24.5 Å². The standard InChI is InChI=1S/C16H21N5O2/c1-11(2)21-5-4-14(18-21)10-20-15(22)7-13(16(20)23)6-12-8-17-19(3)9-12/h4-5,8-9,11,13H,6-7,10H2,1-3H3. The smallest absolute Gasteiger partial charge is 0.233 e. The Balaban J connectivity index is 1.68. The fourth-order valence-electron chi connectivity index (χ4n) is 2.85. The summed E-state index contributed by atoms with van der Waals surface area (Å²) in [6, 6.07) is 2.11. The molecule has 23 heavy (non-hydrogen) atoms. The summed E-state index contributed by atoms with van der Waals surface area (Å²) < 4.78 is 3.53. The lowest BCUT2D eigenvalue weighted by Crippen LogP contribution is -2.30. The average molecular weight is 315 g/mol. The van der Waals surface area contributed by atoms with Crippen molar-refractivity contribution in [3.63, 3.8) is 0 Å². The summed E-state index contributed by atoms with van der Waals surface area (Å²) >= 11 is 0. The van der Waals surface area contributed by atoms with Gasteiger partial charge in [0.1, 0.15) is 0 Å². The van der Waals surface area contributed by atoms with Crippen LogP contribution in [0.3, 0.4) is 0 Å². The van der Waals surface area contributed by atoms with Crippen molar-refractivity contribution in [1.29, 1.82) is 0 Å². The highest BCUT2D eigenvalue weighted by Gasteiger charge is 2.38. The predicted octanol–water partition coefficient (Wildman–Crippen LogP) is 1.32. The number of rotatable bonds is 5. The Hall–Kier alpha value is -2.44. The van der Waals surface area contributed by atoms with Crippen molar-refractivity contribution in [2.45, 2.75) is 39.3 Å². The molecule has 0 radical (unpaired) electrons. The van der Waals surface area contributed by atoms with Crippen molar-refractivity contribution >= 4 is 11.8 Å². The number of carbonyl (C=O) groups excluding carboxylic acids is 2. The number of imide groups is 1. The zero-order valence-electron chi connectivity index (χ0n) is 13.6. The highest BCUT2D eigenvalue weighted by atomic mass is 16.2. The van der Waals surface area contributed by atoms with Crippen LogP contribution >= 0.6 is 0 Å². The molecule has 3 heterocycles. The van der Waals surface area contributed by atoms with Gasteiger partial charge in [-0.3, -0.25) is 23.9 Å². The molecular formula is C16H21N5O2. The van der Waals surface area contributed by atoms with Crippen LogP contribution in [-0.2, 0) is 29.6 Å². The maximum Gasteiger partial charge on any atom is 0.233 e. The maximum atomic E-state index is 12.5. The summed E-state index contributed by atoms with van der Waals surface area (Å²) in [6.07, 6.45) is 6.31. The van der Waals surface area contributed by atoms with Crippen LogP contribution in [0.2, 0.25) is 0 Å². The van der Waals surface area contributed by atoms with E-state index >= 15 is 0 Å². The molecule has 0 bridgehead atoms. The Kier molecular flexibility index (Phi) is 4.02. The molecule has 2 aromatic rings. The summed E-state index contributed by atoms with van der Waals surface area (Å²) in [4.78, 5) is 26.0. The molecule has 2 aromatic heterocycles. The van der Waals surface area contributed by atoms with Crippen LogP contribution in [0.1, 0.15) is 37.6 Å². The normalized spacial score (nSPS) is 18.4. The minimum absolute atomic E-state index is 0.113. The Morgan fingerprint density at radius 2 is 2.13 bits per heavy atom. The molecule has 1 saturated heterocycles. The third-order valence-electron chi connectivity index (χ3n) is 4.09. The number of hydrogen-bond donors (Lipinski definition) is 0.